The molecule has 0 fully saturated rings. The minimum atomic E-state index is -0.389. The molecule has 0 saturated heterocycles. The fraction of sp³-hybridized carbons (Fsp3) is 0.733. The van der Waals surface area contributed by atoms with Gasteiger partial charge in [-0.3, -0.25) is 4.79 Å². The van der Waals surface area contributed by atoms with E-state index < -0.39 is 0 Å². The van der Waals surface area contributed by atoms with E-state index in [-0.39, 0.29) is 30.6 Å². The number of hydrogen-bond acceptors (Lipinski definition) is 4. The Morgan fingerprint density at radius 1 is 1.16 bits per heavy atom. The molecule has 110 valence electrons. The Balaban J connectivity index is 4.55. The van der Waals surface area contributed by atoms with E-state index in [9.17, 15) is 9.59 Å². The Labute approximate surface area is 116 Å². The highest BCUT2D eigenvalue weighted by Crippen LogP contribution is 2.08. The monoisotopic (exact) mass is 270 g/mol. The first-order valence-electron chi connectivity index (χ1n) is 6.98. The minimum absolute atomic E-state index is 0.00766. The molecular formula is C15H26O4. The van der Waals surface area contributed by atoms with Crippen molar-refractivity contribution in [3.63, 3.8) is 0 Å². The van der Waals surface area contributed by atoms with E-state index in [4.69, 9.17) is 9.47 Å². The summed E-state index contributed by atoms with van der Waals surface area (Å²) in [5.41, 5.74) is 0.427. The van der Waals surface area contributed by atoms with E-state index in [1.807, 2.05) is 20.8 Å². The number of carbonyl (C=O) groups is 2. The van der Waals surface area contributed by atoms with Crippen molar-refractivity contribution in [1.82, 2.24) is 0 Å². The summed E-state index contributed by atoms with van der Waals surface area (Å²) >= 11 is 0. The fourth-order valence-corrected chi connectivity index (χ4v) is 1.18. The first-order valence-corrected chi connectivity index (χ1v) is 6.98. The smallest absolute Gasteiger partial charge is 0.337 e. The Morgan fingerprint density at radius 3 is 2.26 bits per heavy atom. The zero-order valence-corrected chi connectivity index (χ0v) is 12.7. The second-order valence-electron chi connectivity index (χ2n) is 4.90. The summed E-state index contributed by atoms with van der Waals surface area (Å²) in [7, 11) is 0. The number of hydrogen-bond donors (Lipinski definition) is 0. The van der Waals surface area contributed by atoms with E-state index in [1.54, 1.807) is 19.9 Å². The maximum absolute atomic E-state index is 11.9. The Bertz CT molecular complexity index is 318. The summed E-state index contributed by atoms with van der Waals surface area (Å²) in [6.45, 7) is 9.33. The van der Waals surface area contributed by atoms with Crippen molar-refractivity contribution in [2.45, 2.75) is 60.0 Å². The molecule has 1 atom stereocenters. The topological polar surface area (TPSA) is 52.6 Å². The van der Waals surface area contributed by atoms with Crippen LogP contribution in [-0.2, 0) is 19.1 Å². The van der Waals surface area contributed by atoms with Gasteiger partial charge in [0, 0.05) is 0 Å². The van der Waals surface area contributed by atoms with Crippen molar-refractivity contribution < 1.29 is 19.1 Å². The average Bonchev–Trinajstić information content (AvgIpc) is 2.37. The maximum atomic E-state index is 11.9. The largest absolute Gasteiger partial charge is 0.460 e. The molecule has 0 spiro atoms. The van der Waals surface area contributed by atoms with Crippen LogP contribution in [0.15, 0.2) is 11.6 Å². The summed E-state index contributed by atoms with van der Waals surface area (Å²) in [6, 6.07) is 0. The van der Waals surface area contributed by atoms with Crippen LogP contribution >= 0.6 is 0 Å². The molecular weight excluding hydrogens is 244 g/mol. The molecule has 4 heteroatoms. The second-order valence-corrected chi connectivity index (χ2v) is 4.90. The van der Waals surface area contributed by atoms with Crippen LogP contribution in [0, 0.1) is 5.92 Å². The van der Waals surface area contributed by atoms with E-state index >= 15 is 0 Å². The van der Waals surface area contributed by atoms with Crippen molar-refractivity contribution in [3.05, 3.63) is 11.6 Å². The number of esters is 2. The van der Waals surface area contributed by atoms with E-state index in [2.05, 4.69) is 0 Å². The average molecular weight is 270 g/mol. The lowest BCUT2D eigenvalue weighted by Gasteiger charge is -2.14. The van der Waals surface area contributed by atoms with Gasteiger partial charge in [-0.1, -0.05) is 40.2 Å². The lowest BCUT2D eigenvalue weighted by atomic mass is 10.2. The molecule has 0 amide bonds. The molecule has 0 N–H and O–H groups in total. The van der Waals surface area contributed by atoms with Crippen LogP contribution in [0.4, 0.5) is 0 Å². The zero-order chi connectivity index (χ0) is 14.8. The van der Waals surface area contributed by atoms with E-state index in [1.165, 1.54) is 0 Å². The lowest BCUT2D eigenvalue weighted by Crippen LogP contribution is -2.21. The zero-order valence-electron chi connectivity index (χ0n) is 12.7. The summed E-state index contributed by atoms with van der Waals surface area (Å²) in [6.07, 6.45) is 4.12. The summed E-state index contributed by atoms with van der Waals surface area (Å²) in [5, 5.41) is 0. The molecule has 0 radical (unpaired) electrons. The number of ether oxygens (including phenoxy) is 2. The molecule has 0 aliphatic rings. The van der Waals surface area contributed by atoms with Crippen LogP contribution in [-0.4, -0.2) is 24.6 Å². The number of carbonyl (C=O) groups excluding carboxylic acids is 2. The predicted octanol–water partition coefficient (Wildman–Crippen LogP) is 3.25. The van der Waals surface area contributed by atoms with Crippen LogP contribution < -0.4 is 0 Å². The molecule has 0 aromatic rings. The number of unbranched alkanes of at least 4 members (excludes halogenated alkanes) is 1. The van der Waals surface area contributed by atoms with Crippen molar-refractivity contribution in [3.8, 4) is 0 Å². The maximum Gasteiger partial charge on any atom is 0.337 e. The lowest BCUT2D eigenvalue weighted by molar-refractivity contribution is -0.149. The molecule has 0 bridgehead atoms. The first-order chi connectivity index (χ1) is 8.92. The van der Waals surface area contributed by atoms with Gasteiger partial charge in [-0.2, -0.15) is 0 Å². The summed E-state index contributed by atoms with van der Waals surface area (Å²) in [5.74, 6) is -0.892. The minimum Gasteiger partial charge on any atom is -0.460 e. The molecule has 4 nitrogen and oxygen atoms in total. The molecule has 0 aliphatic heterocycles. The third-order valence-electron chi connectivity index (χ3n) is 2.67. The Kier molecular flexibility index (Phi) is 8.92. The van der Waals surface area contributed by atoms with Gasteiger partial charge in [-0.05, 0) is 19.8 Å². The molecule has 0 aromatic carbocycles. The standard InChI is InChI=1S/C15H26O4/c1-6-8-9-13(10-18-14(16)11(3)4)15(17)19-12(5)7-2/h9,11-12H,6-8,10H2,1-5H3. The van der Waals surface area contributed by atoms with Crippen molar-refractivity contribution in [2.75, 3.05) is 6.61 Å². The predicted molar refractivity (Wildman–Crippen MR) is 74.6 cm³/mol. The van der Waals surface area contributed by atoms with Crippen LogP contribution in [0.2, 0.25) is 0 Å². The van der Waals surface area contributed by atoms with Crippen LogP contribution in [0.1, 0.15) is 53.9 Å². The highest BCUT2D eigenvalue weighted by Gasteiger charge is 2.17. The van der Waals surface area contributed by atoms with Crippen molar-refractivity contribution in [2.24, 2.45) is 5.92 Å². The third-order valence-corrected chi connectivity index (χ3v) is 2.67. The summed E-state index contributed by atoms with van der Waals surface area (Å²) in [4.78, 5) is 23.3. The highest BCUT2D eigenvalue weighted by atomic mass is 16.6. The Morgan fingerprint density at radius 2 is 1.79 bits per heavy atom. The quantitative estimate of drug-likeness (QED) is 0.502. The SMILES string of the molecule is CCCC=C(COC(=O)C(C)C)C(=O)OC(C)CC. The Hall–Kier alpha value is -1.32. The van der Waals surface area contributed by atoms with Gasteiger partial charge in [0.1, 0.15) is 6.61 Å². The fourth-order valence-electron chi connectivity index (χ4n) is 1.18. The summed E-state index contributed by atoms with van der Waals surface area (Å²) < 4.78 is 10.3. The molecule has 0 heterocycles. The van der Waals surface area contributed by atoms with Gasteiger partial charge >= 0.3 is 11.9 Å². The van der Waals surface area contributed by atoms with Gasteiger partial charge in [0.15, 0.2) is 0 Å². The van der Waals surface area contributed by atoms with E-state index in [0.717, 1.165) is 19.3 Å². The van der Waals surface area contributed by atoms with Crippen molar-refractivity contribution in [1.29, 1.82) is 0 Å². The van der Waals surface area contributed by atoms with E-state index in [0.29, 0.717) is 5.57 Å². The van der Waals surface area contributed by atoms with Crippen LogP contribution in [0.3, 0.4) is 0 Å². The normalized spacial score (nSPS) is 13.3. The molecule has 0 aliphatic carbocycles. The van der Waals surface area contributed by atoms with Gasteiger partial charge in [0.05, 0.1) is 17.6 Å². The van der Waals surface area contributed by atoms with Gasteiger partial charge in [0.25, 0.3) is 0 Å². The molecule has 0 aromatic heterocycles. The molecule has 0 saturated carbocycles. The second kappa shape index (κ2) is 9.59. The van der Waals surface area contributed by atoms with Gasteiger partial charge in [-0.25, -0.2) is 4.79 Å². The highest BCUT2D eigenvalue weighted by molar-refractivity contribution is 5.89. The van der Waals surface area contributed by atoms with Crippen LogP contribution in [0.5, 0.6) is 0 Å². The van der Waals surface area contributed by atoms with Gasteiger partial charge in [0.2, 0.25) is 0 Å². The molecule has 1 unspecified atom stereocenters. The number of allylic oxidation sites excluding steroid dienone is 1. The molecule has 0 rings (SSSR count). The first kappa shape index (κ1) is 17.7. The molecule has 19 heavy (non-hydrogen) atoms. The van der Waals surface area contributed by atoms with Crippen molar-refractivity contribution >= 4 is 11.9 Å². The van der Waals surface area contributed by atoms with Gasteiger partial charge < -0.3 is 9.47 Å². The number of rotatable bonds is 8. The third kappa shape index (κ3) is 7.65. The van der Waals surface area contributed by atoms with Gasteiger partial charge in [-0.15, -0.1) is 0 Å². The van der Waals surface area contributed by atoms with Crippen LogP contribution in [0.25, 0.3) is 0 Å².